The lowest BCUT2D eigenvalue weighted by Crippen LogP contribution is -2.10. The highest BCUT2D eigenvalue weighted by Gasteiger charge is 2.14. The number of rotatable bonds is 0. The van der Waals surface area contributed by atoms with Gasteiger partial charge in [0.25, 0.3) is 0 Å². The third kappa shape index (κ3) is 2.02. The summed E-state index contributed by atoms with van der Waals surface area (Å²) in [4.78, 5) is 0. The summed E-state index contributed by atoms with van der Waals surface area (Å²) in [5, 5.41) is 0.300. The molecule has 1 rings (SSSR count). The van der Waals surface area contributed by atoms with Gasteiger partial charge in [-0.2, -0.15) is 0 Å². The van der Waals surface area contributed by atoms with Gasteiger partial charge in [-0.1, -0.05) is 18.6 Å². The van der Waals surface area contributed by atoms with E-state index in [-0.39, 0.29) is 0 Å². The van der Waals surface area contributed by atoms with Gasteiger partial charge in [-0.3, -0.25) is 0 Å². The second-order valence-electron chi connectivity index (χ2n) is 3.07. The van der Waals surface area contributed by atoms with Crippen LogP contribution in [0.1, 0.15) is 26.7 Å². The van der Waals surface area contributed by atoms with Gasteiger partial charge >= 0.3 is 0 Å². The van der Waals surface area contributed by atoms with Gasteiger partial charge in [0, 0.05) is 0 Å². The molecule has 9 heavy (non-hydrogen) atoms. The summed E-state index contributed by atoms with van der Waals surface area (Å²) in [5.74, 6) is 0.789. The molecule has 0 unspecified atom stereocenters. The molecule has 0 radical (unpaired) electrons. The molecule has 0 spiro atoms. The SMILES string of the molecule is CC1=C[C@H](Cl)C[C@H](C)C1. The fourth-order valence-electron chi connectivity index (χ4n) is 1.46. The quantitative estimate of drug-likeness (QED) is 0.362. The lowest BCUT2D eigenvalue weighted by Gasteiger charge is -2.19. The fraction of sp³-hybridized carbons (Fsp3) is 0.750. The second-order valence-corrected chi connectivity index (χ2v) is 3.63. The molecule has 0 fully saturated rings. The molecule has 1 aliphatic rings. The summed E-state index contributed by atoms with van der Waals surface area (Å²) < 4.78 is 0. The zero-order valence-electron chi connectivity index (χ0n) is 6.02. The Morgan fingerprint density at radius 1 is 1.67 bits per heavy atom. The van der Waals surface area contributed by atoms with E-state index in [1.807, 2.05) is 0 Å². The predicted octanol–water partition coefficient (Wildman–Crippen LogP) is 2.97. The zero-order chi connectivity index (χ0) is 6.85. The van der Waals surface area contributed by atoms with Gasteiger partial charge in [0.05, 0.1) is 5.38 Å². The fourth-order valence-corrected chi connectivity index (χ4v) is 1.98. The molecule has 2 atom stereocenters. The molecule has 52 valence electrons. The second kappa shape index (κ2) is 2.74. The van der Waals surface area contributed by atoms with Crippen molar-refractivity contribution in [3.05, 3.63) is 11.6 Å². The van der Waals surface area contributed by atoms with Gasteiger partial charge in [-0.05, 0) is 25.7 Å². The van der Waals surface area contributed by atoms with E-state index in [2.05, 4.69) is 19.9 Å². The molecular weight excluding hydrogens is 132 g/mol. The van der Waals surface area contributed by atoms with Crippen molar-refractivity contribution < 1.29 is 0 Å². The maximum Gasteiger partial charge on any atom is 0.0521 e. The average molecular weight is 145 g/mol. The van der Waals surface area contributed by atoms with Gasteiger partial charge in [0.15, 0.2) is 0 Å². The molecule has 0 amide bonds. The summed E-state index contributed by atoms with van der Waals surface area (Å²) in [6, 6.07) is 0. The van der Waals surface area contributed by atoms with Gasteiger partial charge in [-0.25, -0.2) is 0 Å². The Hall–Kier alpha value is 0.0300. The molecule has 0 saturated carbocycles. The van der Waals surface area contributed by atoms with Crippen molar-refractivity contribution in [2.45, 2.75) is 32.1 Å². The Labute approximate surface area is 61.9 Å². The molecule has 1 heteroatoms. The molecule has 0 aromatic carbocycles. The first kappa shape index (κ1) is 7.14. The maximum atomic E-state index is 5.93. The number of allylic oxidation sites excluding steroid dienone is 2. The third-order valence-corrected chi connectivity index (χ3v) is 2.07. The molecule has 0 bridgehead atoms. The topological polar surface area (TPSA) is 0 Å². The minimum Gasteiger partial charge on any atom is -0.118 e. The Balaban J connectivity index is 2.56. The van der Waals surface area contributed by atoms with E-state index in [1.54, 1.807) is 0 Å². The summed E-state index contributed by atoms with van der Waals surface area (Å²) >= 11 is 5.93. The van der Waals surface area contributed by atoms with E-state index in [0.717, 1.165) is 12.3 Å². The van der Waals surface area contributed by atoms with Crippen LogP contribution < -0.4 is 0 Å². The van der Waals surface area contributed by atoms with Gasteiger partial charge in [-0.15, -0.1) is 11.6 Å². The minimum absolute atomic E-state index is 0.300. The minimum atomic E-state index is 0.300. The first-order valence-corrected chi connectivity index (χ1v) is 3.93. The Bertz CT molecular complexity index is 127. The highest BCUT2D eigenvalue weighted by molar-refractivity contribution is 6.21. The molecule has 0 N–H and O–H groups in total. The number of alkyl halides is 1. The first-order chi connectivity index (χ1) is 4.18. The predicted molar refractivity (Wildman–Crippen MR) is 41.8 cm³/mol. The van der Waals surface area contributed by atoms with Crippen LogP contribution in [0.2, 0.25) is 0 Å². The van der Waals surface area contributed by atoms with E-state index in [9.17, 15) is 0 Å². The monoisotopic (exact) mass is 144 g/mol. The van der Waals surface area contributed by atoms with Crippen LogP contribution >= 0.6 is 11.6 Å². The Morgan fingerprint density at radius 3 is 2.78 bits per heavy atom. The third-order valence-electron chi connectivity index (χ3n) is 1.76. The molecule has 0 heterocycles. The zero-order valence-corrected chi connectivity index (χ0v) is 6.78. The Morgan fingerprint density at radius 2 is 2.33 bits per heavy atom. The van der Waals surface area contributed by atoms with Crippen LogP contribution in [0.25, 0.3) is 0 Å². The largest absolute Gasteiger partial charge is 0.118 e. The van der Waals surface area contributed by atoms with Crippen LogP contribution in [-0.2, 0) is 0 Å². The van der Waals surface area contributed by atoms with E-state index in [0.29, 0.717) is 5.38 Å². The number of hydrogen-bond donors (Lipinski definition) is 0. The van der Waals surface area contributed by atoms with Crippen LogP contribution in [-0.4, -0.2) is 5.38 Å². The smallest absolute Gasteiger partial charge is 0.0521 e. The highest BCUT2D eigenvalue weighted by Crippen LogP contribution is 2.26. The Kier molecular flexibility index (Phi) is 2.18. The normalized spacial score (nSPS) is 36.1. The average Bonchev–Trinajstić information content (AvgIpc) is 1.59. The number of halogens is 1. The summed E-state index contributed by atoms with van der Waals surface area (Å²) in [7, 11) is 0. The van der Waals surface area contributed by atoms with E-state index in [1.165, 1.54) is 12.0 Å². The first-order valence-electron chi connectivity index (χ1n) is 3.50. The van der Waals surface area contributed by atoms with Crippen molar-refractivity contribution in [2.24, 2.45) is 5.92 Å². The summed E-state index contributed by atoms with van der Waals surface area (Å²) in [5.41, 5.74) is 1.45. The molecule has 0 aromatic rings. The lowest BCUT2D eigenvalue weighted by molar-refractivity contribution is 0.513. The lowest BCUT2D eigenvalue weighted by atomic mass is 9.91. The van der Waals surface area contributed by atoms with E-state index < -0.39 is 0 Å². The van der Waals surface area contributed by atoms with Crippen LogP contribution in [0.4, 0.5) is 0 Å². The van der Waals surface area contributed by atoms with Gasteiger partial charge < -0.3 is 0 Å². The molecule has 0 aromatic heterocycles. The molecule has 0 nitrogen and oxygen atoms in total. The van der Waals surface area contributed by atoms with E-state index >= 15 is 0 Å². The van der Waals surface area contributed by atoms with Crippen LogP contribution in [0.15, 0.2) is 11.6 Å². The van der Waals surface area contributed by atoms with Crippen molar-refractivity contribution in [3.8, 4) is 0 Å². The maximum absolute atomic E-state index is 5.93. The number of hydrogen-bond acceptors (Lipinski definition) is 0. The highest BCUT2D eigenvalue weighted by atomic mass is 35.5. The van der Waals surface area contributed by atoms with Crippen LogP contribution in [0.5, 0.6) is 0 Å². The van der Waals surface area contributed by atoms with E-state index in [4.69, 9.17) is 11.6 Å². The van der Waals surface area contributed by atoms with Gasteiger partial charge in [0.1, 0.15) is 0 Å². The van der Waals surface area contributed by atoms with Gasteiger partial charge in [0.2, 0.25) is 0 Å². The standard InChI is InChI=1S/C8H13Cl/c1-6-3-7(2)5-8(9)4-6/h4,7-8H,3,5H2,1-2H3/t7-,8+/m1/s1. The van der Waals surface area contributed by atoms with Crippen molar-refractivity contribution in [1.82, 2.24) is 0 Å². The van der Waals surface area contributed by atoms with Crippen molar-refractivity contribution in [2.75, 3.05) is 0 Å². The van der Waals surface area contributed by atoms with Crippen molar-refractivity contribution in [1.29, 1.82) is 0 Å². The van der Waals surface area contributed by atoms with Crippen molar-refractivity contribution >= 4 is 11.6 Å². The van der Waals surface area contributed by atoms with Crippen LogP contribution in [0, 0.1) is 5.92 Å². The molecule has 1 aliphatic carbocycles. The van der Waals surface area contributed by atoms with Crippen molar-refractivity contribution in [3.63, 3.8) is 0 Å². The van der Waals surface area contributed by atoms with Crippen LogP contribution in [0.3, 0.4) is 0 Å². The molecular formula is C8H13Cl. The summed E-state index contributed by atoms with van der Waals surface area (Å²) in [6.07, 6.45) is 4.56. The molecule has 0 aliphatic heterocycles. The molecule has 0 saturated heterocycles. The summed E-state index contributed by atoms with van der Waals surface area (Å²) in [6.45, 7) is 4.41.